The Kier molecular flexibility index (Phi) is 4.77. The Hall–Kier alpha value is -1.06. The van der Waals surface area contributed by atoms with Crippen LogP contribution in [0.1, 0.15) is 25.5 Å². The molecule has 0 fully saturated rings. The topological polar surface area (TPSA) is 41.1 Å². The number of amides is 1. The molecule has 3 nitrogen and oxygen atoms in total. The predicted molar refractivity (Wildman–Crippen MR) is 66.5 cm³/mol. The average molecular weight is 241 g/mol. The molecule has 0 saturated heterocycles. The van der Waals surface area contributed by atoms with Crippen molar-refractivity contribution in [3.8, 4) is 0 Å². The lowest BCUT2D eigenvalue weighted by molar-refractivity contribution is -0.123. The van der Waals surface area contributed by atoms with Crippen LogP contribution in [-0.4, -0.2) is 19.0 Å². The Morgan fingerprint density at radius 3 is 2.62 bits per heavy atom. The Bertz CT molecular complexity index is 368. The van der Waals surface area contributed by atoms with Gasteiger partial charge in [0.05, 0.1) is 12.1 Å². The molecule has 1 amide bonds. The molecule has 2 N–H and O–H groups in total. The second-order valence-electron chi connectivity index (χ2n) is 3.80. The number of nitrogens with one attached hydrogen (secondary N) is 2. The van der Waals surface area contributed by atoms with E-state index in [1.54, 1.807) is 7.05 Å². The molecular weight excluding hydrogens is 224 g/mol. The first-order chi connectivity index (χ1) is 7.54. The van der Waals surface area contributed by atoms with Crippen molar-refractivity contribution in [1.29, 1.82) is 0 Å². The minimum Gasteiger partial charge on any atom is -0.348 e. The molecule has 1 rings (SSSR count). The number of carbonyl (C=O) groups is 1. The van der Waals surface area contributed by atoms with Gasteiger partial charge in [-0.05, 0) is 38.6 Å². The van der Waals surface area contributed by atoms with E-state index in [0.29, 0.717) is 5.02 Å². The number of benzene rings is 1. The molecule has 0 radical (unpaired) electrons. The van der Waals surface area contributed by atoms with Crippen LogP contribution in [0, 0.1) is 0 Å². The molecule has 88 valence electrons. The van der Waals surface area contributed by atoms with Gasteiger partial charge in [0.2, 0.25) is 5.91 Å². The molecule has 0 saturated carbocycles. The highest BCUT2D eigenvalue weighted by Gasteiger charge is 2.14. The molecular formula is C12H17ClN2O. The zero-order valence-corrected chi connectivity index (χ0v) is 10.5. The maximum atomic E-state index is 11.6. The van der Waals surface area contributed by atoms with Gasteiger partial charge in [-0.3, -0.25) is 4.79 Å². The van der Waals surface area contributed by atoms with Crippen LogP contribution in [0.3, 0.4) is 0 Å². The van der Waals surface area contributed by atoms with Gasteiger partial charge >= 0.3 is 0 Å². The Labute approximate surface area is 101 Å². The molecule has 16 heavy (non-hydrogen) atoms. The highest BCUT2D eigenvalue weighted by molar-refractivity contribution is 6.30. The van der Waals surface area contributed by atoms with Crippen LogP contribution in [0.2, 0.25) is 5.02 Å². The summed E-state index contributed by atoms with van der Waals surface area (Å²) in [7, 11) is 1.76. The van der Waals surface area contributed by atoms with Crippen molar-refractivity contribution in [2.45, 2.75) is 25.9 Å². The van der Waals surface area contributed by atoms with E-state index in [4.69, 9.17) is 11.6 Å². The molecule has 1 aromatic carbocycles. The Morgan fingerprint density at radius 1 is 1.38 bits per heavy atom. The molecule has 0 aliphatic rings. The van der Waals surface area contributed by atoms with Crippen LogP contribution in [0.15, 0.2) is 24.3 Å². The third-order valence-corrected chi connectivity index (χ3v) is 2.77. The summed E-state index contributed by atoms with van der Waals surface area (Å²) in [5, 5.41) is 6.49. The monoisotopic (exact) mass is 240 g/mol. The lowest BCUT2D eigenvalue weighted by Gasteiger charge is -2.17. The minimum absolute atomic E-state index is 0.0185. The molecule has 0 aromatic heterocycles. The molecule has 1 unspecified atom stereocenters. The summed E-state index contributed by atoms with van der Waals surface area (Å²) in [5.74, 6) is -0.0185. The fourth-order valence-electron chi connectivity index (χ4n) is 1.33. The maximum Gasteiger partial charge on any atom is 0.237 e. The third-order valence-electron chi connectivity index (χ3n) is 2.53. The zero-order chi connectivity index (χ0) is 12.1. The minimum atomic E-state index is -0.193. The maximum absolute atomic E-state index is 11.6. The van der Waals surface area contributed by atoms with Crippen molar-refractivity contribution >= 4 is 17.5 Å². The lowest BCUT2D eigenvalue weighted by atomic mass is 10.1. The van der Waals surface area contributed by atoms with Crippen LogP contribution in [0.4, 0.5) is 0 Å². The van der Waals surface area contributed by atoms with Gasteiger partial charge in [0, 0.05) is 5.02 Å². The van der Waals surface area contributed by atoms with Crippen molar-refractivity contribution in [3.05, 3.63) is 34.9 Å². The number of hydrogen-bond donors (Lipinski definition) is 2. The van der Waals surface area contributed by atoms with Crippen molar-refractivity contribution in [1.82, 2.24) is 10.6 Å². The van der Waals surface area contributed by atoms with Gasteiger partial charge < -0.3 is 10.6 Å². The average Bonchev–Trinajstić information content (AvgIpc) is 2.27. The van der Waals surface area contributed by atoms with Gasteiger partial charge in [-0.1, -0.05) is 23.7 Å². The number of likely N-dealkylation sites (N-methyl/N-ethyl adjacent to an activating group) is 1. The smallest absolute Gasteiger partial charge is 0.237 e. The molecule has 0 heterocycles. The van der Waals surface area contributed by atoms with E-state index >= 15 is 0 Å². The molecule has 0 aliphatic carbocycles. The van der Waals surface area contributed by atoms with Crippen molar-refractivity contribution in [3.63, 3.8) is 0 Å². The van der Waals surface area contributed by atoms with Gasteiger partial charge in [-0.2, -0.15) is 0 Å². The zero-order valence-electron chi connectivity index (χ0n) is 9.75. The third kappa shape index (κ3) is 3.51. The van der Waals surface area contributed by atoms with Gasteiger partial charge in [-0.15, -0.1) is 0 Å². The normalized spacial score (nSPS) is 14.2. The summed E-state index contributed by atoms with van der Waals surface area (Å²) in [4.78, 5) is 11.6. The number of rotatable bonds is 4. The van der Waals surface area contributed by atoms with Crippen LogP contribution in [0.25, 0.3) is 0 Å². The van der Waals surface area contributed by atoms with E-state index < -0.39 is 0 Å². The Balaban J connectivity index is 2.65. The van der Waals surface area contributed by atoms with Crippen LogP contribution in [0.5, 0.6) is 0 Å². The summed E-state index contributed by atoms with van der Waals surface area (Å²) < 4.78 is 0. The van der Waals surface area contributed by atoms with E-state index in [1.807, 2.05) is 38.1 Å². The first-order valence-corrected chi connectivity index (χ1v) is 5.65. The van der Waals surface area contributed by atoms with Crippen molar-refractivity contribution in [2.24, 2.45) is 0 Å². The molecule has 0 aliphatic heterocycles. The first-order valence-electron chi connectivity index (χ1n) is 5.27. The Morgan fingerprint density at radius 2 is 2.06 bits per heavy atom. The highest BCUT2D eigenvalue weighted by atomic mass is 35.5. The van der Waals surface area contributed by atoms with Gasteiger partial charge in [0.25, 0.3) is 0 Å². The molecule has 1 aromatic rings. The number of carbonyl (C=O) groups excluding carboxylic acids is 1. The number of hydrogen-bond acceptors (Lipinski definition) is 2. The van der Waals surface area contributed by atoms with Crippen molar-refractivity contribution < 1.29 is 4.79 Å². The fourth-order valence-corrected chi connectivity index (χ4v) is 1.53. The first kappa shape index (κ1) is 13.0. The van der Waals surface area contributed by atoms with E-state index in [1.165, 1.54) is 0 Å². The summed E-state index contributed by atoms with van der Waals surface area (Å²) in [5.41, 5.74) is 1.00. The highest BCUT2D eigenvalue weighted by Crippen LogP contribution is 2.17. The van der Waals surface area contributed by atoms with Gasteiger partial charge in [-0.25, -0.2) is 0 Å². The van der Waals surface area contributed by atoms with E-state index in [9.17, 15) is 4.79 Å². The fraction of sp³-hybridized carbons (Fsp3) is 0.417. The summed E-state index contributed by atoms with van der Waals surface area (Å²) in [6.07, 6.45) is 0. The predicted octanol–water partition coefficient (Wildman–Crippen LogP) is 2.13. The second kappa shape index (κ2) is 5.87. The second-order valence-corrected chi connectivity index (χ2v) is 4.23. The van der Waals surface area contributed by atoms with Crippen molar-refractivity contribution in [2.75, 3.05) is 7.05 Å². The molecule has 2 atom stereocenters. The van der Waals surface area contributed by atoms with Gasteiger partial charge in [0.15, 0.2) is 0 Å². The summed E-state index contributed by atoms with van der Waals surface area (Å²) in [6.45, 7) is 3.76. The van der Waals surface area contributed by atoms with Crippen LogP contribution < -0.4 is 10.6 Å². The molecule has 0 bridgehead atoms. The van der Waals surface area contributed by atoms with E-state index in [-0.39, 0.29) is 18.0 Å². The summed E-state index contributed by atoms with van der Waals surface area (Å²) >= 11 is 5.89. The summed E-state index contributed by atoms with van der Waals surface area (Å²) in [6, 6.07) is 7.26. The standard InChI is InChI=1S/C12H17ClN2O/c1-8(15-12(16)9(2)14-3)10-5-4-6-11(13)7-10/h4-9,14H,1-3H3,(H,15,16)/t8-,9?/m1/s1. The van der Waals surface area contributed by atoms with Crippen LogP contribution in [-0.2, 0) is 4.79 Å². The van der Waals surface area contributed by atoms with E-state index in [2.05, 4.69) is 10.6 Å². The van der Waals surface area contributed by atoms with Gasteiger partial charge in [0.1, 0.15) is 0 Å². The lowest BCUT2D eigenvalue weighted by Crippen LogP contribution is -2.41. The SMILES string of the molecule is CNC(C)C(=O)N[C@H](C)c1cccc(Cl)c1. The molecule has 0 spiro atoms. The van der Waals surface area contributed by atoms with E-state index in [0.717, 1.165) is 5.56 Å². The quantitative estimate of drug-likeness (QED) is 0.847. The largest absolute Gasteiger partial charge is 0.348 e. The van der Waals surface area contributed by atoms with Crippen LogP contribution >= 0.6 is 11.6 Å². The molecule has 4 heteroatoms. The number of halogens is 1.